The third kappa shape index (κ3) is 3.63. The highest BCUT2D eigenvalue weighted by Crippen LogP contribution is 2.19. The Morgan fingerprint density at radius 2 is 1.96 bits per heavy atom. The Morgan fingerprint density at radius 1 is 1.22 bits per heavy atom. The van der Waals surface area contributed by atoms with Gasteiger partial charge in [0, 0.05) is 26.2 Å². The van der Waals surface area contributed by atoms with Crippen LogP contribution in [0.3, 0.4) is 0 Å². The second-order valence-corrected chi connectivity index (χ2v) is 8.51. The van der Waals surface area contributed by atoms with E-state index in [0.29, 0.717) is 6.42 Å². The summed E-state index contributed by atoms with van der Waals surface area (Å²) in [7, 11) is -1.38. The molecule has 0 aromatic carbocycles. The number of hydrogen-bond donors (Lipinski definition) is 0. The summed E-state index contributed by atoms with van der Waals surface area (Å²) in [6.07, 6.45) is 7.17. The molecule has 126 valence electrons. The Labute approximate surface area is 136 Å². The SMILES string of the molecule is CN(C(=O)c1cnc(N2CCCCC2)cn1)C1CCS(=O)(=O)C1. The topological polar surface area (TPSA) is 83.5 Å². The second-order valence-electron chi connectivity index (χ2n) is 6.28. The lowest BCUT2D eigenvalue weighted by Crippen LogP contribution is -2.38. The van der Waals surface area contributed by atoms with Gasteiger partial charge in [0.15, 0.2) is 9.84 Å². The molecule has 1 unspecified atom stereocenters. The number of rotatable bonds is 3. The first-order chi connectivity index (χ1) is 11.0. The summed E-state index contributed by atoms with van der Waals surface area (Å²) in [6.45, 7) is 1.95. The van der Waals surface area contributed by atoms with E-state index in [1.165, 1.54) is 17.5 Å². The van der Waals surface area contributed by atoms with E-state index in [1.54, 1.807) is 13.2 Å². The van der Waals surface area contributed by atoms with Crippen LogP contribution in [0.25, 0.3) is 0 Å². The average molecular weight is 338 g/mol. The molecule has 3 rings (SSSR count). The molecule has 0 N–H and O–H groups in total. The Balaban J connectivity index is 1.67. The lowest BCUT2D eigenvalue weighted by atomic mass is 10.1. The first-order valence-corrected chi connectivity index (χ1v) is 9.83. The van der Waals surface area contributed by atoms with Crippen LogP contribution in [0.2, 0.25) is 0 Å². The summed E-state index contributed by atoms with van der Waals surface area (Å²) in [5.41, 5.74) is 0.262. The predicted octanol–water partition coefficient (Wildman–Crippen LogP) is 0.726. The van der Waals surface area contributed by atoms with Crippen LogP contribution < -0.4 is 4.90 Å². The van der Waals surface area contributed by atoms with E-state index in [4.69, 9.17) is 0 Å². The molecule has 0 bridgehead atoms. The standard InChI is InChI=1S/C15H22N4O3S/c1-18(12-5-8-23(21,22)11-12)15(20)13-9-17-14(10-16-13)19-6-3-2-4-7-19/h9-10,12H,2-8,11H2,1H3. The number of amides is 1. The van der Waals surface area contributed by atoms with E-state index in [-0.39, 0.29) is 29.1 Å². The van der Waals surface area contributed by atoms with Crippen LogP contribution in [0.4, 0.5) is 5.82 Å². The largest absolute Gasteiger partial charge is 0.355 e. The highest BCUT2D eigenvalue weighted by atomic mass is 32.2. The van der Waals surface area contributed by atoms with Gasteiger partial charge in [0.25, 0.3) is 5.91 Å². The third-order valence-corrected chi connectivity index (χ3v) is 6.36. The minimum atomic E-state index is -3.01. The van der Waals surface area contributed by atoms with Gasteiger partial charge < -0.3 is 9.80 Å². The molecule has 23 heavy (non-hydrogen) atoms. The highest BCUT2D eigenvalue weighted by Gasteiger charge is 2.33. The minimum Gasteiger partial charge on any atom is -0.355 e. The molecule has 7 nitrogen and oxygen atoms in total. The van der Waals surface area contributed by atoms with Crippen molar-refractivity contribution in [1.82, 2.24) is 14.9 Å². The number of carbonyl (C=O) groups excluding carboxylic acids is 1. The Kier molecular flexibility index (Phi) is 4.52. The summed E-state index contributed by atoms with van der Waals surface area (Å²) >= 11 is 0. The van der Waals surface area contributed by atoms with Crippen molar-refractivity contribution < 1.29 is 13.2 Å². The van der Waals surface area contributed by atoms with Gasteiger partial charge in [-0.1, -0.05) is 0 Å². The van der Waals surface area contributed by atoms with Crippen molar-refractivity contribution >= 4 is 21.6 Å². The lowest BCUT2D eigenvalue weighted by Gasteiger charge is -2.27. The van der Waals surface area contributed by atoms with E-state index >= 15 is 0 Å². The zero-order chi connectivity index (χ0) is 16.4. The molecule has 1 aromatic rings. The number of hydrogen-bond acceptors (Lipinski definition) is 6. The smallest absolute Gasteiger partial charge is 0.274 e. The van der Waals surface area contributed by atoms with Crippen LogP contribution in [0, 0.1) is 0 Å². The molecule has 0 spiro atoms. The van der Waals surface area contributed by atoms with Crippen LogP contribution >= 0.6 is 0 Å². The third-order valence-electron chi connectivity index (χ3n) is 4.61. The maximum atomic E-state index is 12.4. The molecule has 1 aromatic heterocycles. The van der Waals surface area contributed by atoms with Gasteiger partial charge in [-0.15, -0.1) is 0 Å². The quantitative estimate of drug-likeness (QED) is 0.808. The molecule has 0 saturated carbocycles. The molecule has 2 aliphatic heterocycles. The van der Waals surface area contributed by atoms with Crippen LogP contribution in [0.15, 0.2) is 12.4 Å². The van der Waals surface area contributed by atoms with Crippen molar-refractivity contribution in [3.63, 3.8) is 0 Å². The van der Waals surface area contributed by atoms with Gasteiger partial charge in [-0.2, -0.15) is 0 Å². The molecule has 0 radical (unpaired) electrons. The molecular weight excluding hydrogens is 316 g/mol. The van der Waals surface area contributed by atoms with E-state index in [9.17, 15) is 13.2 Å². The molecule has 2 fully saturated rings. The number of anilines is 1. The molecule has 1 atom stereocenters. The molecule has 3 heterocycles. The van der Waals surface area contributed by atoms with Gasteiger partial charge >= 0.3 is 0 Å². The van der Waals surface area contributed by atoms with Crippen LogP contribution in [0.5, 0.6) is 0 Å². The summed E-state index contributed by atoms with van der Waals surface area (Å²) in [4.78, 5) is 24.7. The fraction of sp³-hybridized carbons (Fsp3) is 0.667. The fourth-order valence-electron chi connectivity index (χ4n) is 3.15. The van der Waals surface area contributed by atoms with Gasteiger partial charge in [-0.05, 0) is 25.7 Å². The van der Waals surface area contributed by atoms with Crippen molar-refractivity contribution in [3.05, 3.63) is 18.1 Å². The first kappa shape index (κ1) is 16.2. The molecule has 1 amide bonds. The Hall–Kier alpha value is -1.70. The highest BCUT2D eigenvalue weighted by molar-refractivity contribution is 7.91. The second kappa shape index (κ2) is 6.43. The van der Waals surface area contributed by atoms with E-state index in [1.807, 2.05) is 0 Å². The Morgan fingerprint density at radius 3 is 2.52 bits per heavy atom. The van der Waals surface area contributed by atoms with E-state index in [2.05, 4.69) is 14.9 Å². The van der Waals surface area contributed by atoms with Crippen LogP contribution in [0.1, 0.15) is 36.2 Å². The van der Waals surface area contributed by atoms with Gasteiger partial charge in [-0.25, -0.2) is 18.4 Å². The van der Waals surface area contributed by atoms with E-state index in [0.717, 1.165) is 31.7 Å². The van der Waals surface area contributed by atoms with Gasteiger partial charge in [-0.3, -0.25) is 4.79 Å². The zero-order valence-corrected chi connectivity index (χ0v) is 14.1. The average Bonchev–Trinajstić information content (AvgIpc) is 2.94. The number of sulfone groups is 1. The van der Waals surface area contributed by atoms with Crippen molar-refractivity contribution in [2.75, 3.05) is 36.5 Å². The summed E-state index contributed by atoms with van der Waals surface area (Å²) in [5.74, 6) is 0.709. The molecule has 2 aliphatic rings. The zero-order valence-electron chi connectivity index (χ0n) is 13.3. The van der Waals surface area contributed by atoms with Crippen molar-refractivity contribution in [2.24, 2.45) is 0 Å². The lowest BCUT2D eigenvalue weighted by molar-refractivity contribution is 0.0741. The molecule has 2 saturated heterocycles. The number of carbonyl (C=O) groups is 1. The van der Waals surface area contributed by atoms with Crippen molar-refractivity contribution in [1.29, 1.82) is 0 Å². The maximum Gasteiger partial charge on any atom is 0.274 e. The normalized spacial score (nSPS) is 23.7. The molecular formula is C15H22N4O3S. The first-order valence-electron chi connectivity index (χ1n) is 8.01. The fourth-order valence-corrected chi connectivity index (χ4v) is 4.92. The van der Waals surface area contributed by atoms with Gasteiger partial charge in [0.2, 0.25) is 0 Å². The van der Waals surface area contributed by atoms with Crippen molar-refractivity contribution in [3.8, 4) is 0 Å². The maximum absolute atomic E-state index is 12.4. The number of aromatic nitrogens is 2. The van der Waals surface area contributed by atoms with Crippen molar-refractivity contribution in [2.45, 2.75) is 31.7 Å². The monoisotopic (exact) mass is 338 g/mol. The van der Waals surface area contributed by atoms with Gasteiger partial charge in [0.1, 0.15) is 11.5 Å². The number of nitrogens with zero attached hydrogens (tertiary/aromatic N) is 4. The summed E-state index contributed by atoms with van der Waals surface area (Å²) in [5, 5.41) is 0. The van der Waals surface area contributed by atoms with E-state index < -0.39 is 9.84 Å². The minimum absolute atomic E-state index is 0.0362. The van der Waals surface area contributed by atoms with Crippen LogP contribution in [-0.2, 0) is 9.84 Å². The van der Waals surface area contributed by atoms with Crippen LogP contribution in [-0.4, -0.2) is 66.9 Å². The molecule has 0 aliphatic carbocycles. The number of piperidine rings is 1. The predicted molar refractivity (Wildman–Crippen MR) is 87.2 cm³/mol. The summed E-state index contributed by atoms with van der Waals surface area (Å²) < 4.78 is 23.1. The molecule has 8 heteroatoms. The Bertz CT molecular complexity index is 668. The van der Waals surface area contributed by atoms with Gasteiger partial charge in [0.05, 0.1) is 23.9 Å². The summed E-state index contributed by atoms with van der Waals surface area (Å²) in [6, 6.07) is -0.268.